The quantitative estimate of drug-likeness (QED) is 0.308. The van der Waals surface area contributed by atoms with Crippen molar-refractivity contribution in [3.05, 3.63) is 94.9 Å². The predicted octanol–water partition coefficient (Wildman–Crippen LogP) is 4.05. The van der Waals surface area contributed by atoms with Gasteiger partial charge in [-0.15, -0.1) is 0 Å². The molecular weight excluding hydrogens is 507 g/mol. The zero-order valence-electron chi connectivity index (χ0n) is 21.9. The van der Waals surface area contributed by atoms with E-state index in [9.17, 15) is 18.0 Å². The highest BCUT2D eigenvalue weighted by atomic mass is 19.4. The zero-order valence-corrected chi connectivity index (χ0v) is 21.9. The van der Waals surface area contributed by atoms with Gasteiger partial charge in [-0.2, -0.15) is 13.2 Å². The van der Waals surface area contributed by atoms with Gasteiger partial charge in [0.2, 0.25) is 0 Å². The van der Waals surface area contributed by atoms with Crippen LogP contribution in [-0.4, -0.2) is 53.9 Å². The second-order valence-corrected chi connectivity index (χ2v) is 9.64. The number of alkyl halides is 3. The standard InChI is InChI=1S/C28H32F3N7O/c1-19-5-6-20(14-26(19)38(33)18-25(32)21-4-3-9-34-16-21)27(39)35-23-8-7-22(24(15-23)28(29,30)31)17-37-12-10-36(2)11-13-37/h3-9,14-16,18H,10-13,17,32-33H2,1-2H3,(H,35,39)/b25-18-. The summed E-state index contributed by atoms with van der Waals surface area (Å²) in [4.78, 5) is 21.2. The Hall–Kier alpha value is -3.93. The molecule has 1 amide bonds. The van der Waals surface area contributed by atoms with Gasteiger partial charge < -0.3 is 16.0 Å². The number of aryl methyl sites for hydroxylation is 1. The van der Waals surface area contributed by atoms with Crippen LogP contribution in [0.5, 0.6) is 0 Å². The number of nitrogens with one attached hydrogen (secondary N) is 1. The smallest absolute Gasteiger partial charge is 0.397 e. The summed E-state index contributed by atoms with van der Waals surface area (Å²) >= 11 is 0. The van der Waals surface area contributed by atoms with Crippen molar-refractivity contribution in [2.24, 2.45) is 11.6 Å². The van der Waals surface area contributed by atoms with Crippen LogP contribution in [0.15, 0.2) is 67.1 Å². The number of carbonyl (C=O) groups is 1. The lowest BCUT2D eigenvalue weighted by Crippen LogP contribution is -2.44. The SMILES string of the molecule is Cc1ccc(C(=O)Nc2ccc(CN3CCN(C)CC3)c(C(F)(F)F)c2)cc1N(N)/C=C(\N)c1cccnc1. The number of nitrogens with zero attached hydrogens (tertiary/aromatic N) is 4. The number of halogens is 3. The van der Waals surface area contributed by atoms with Crippen LogP contribution in [0.3, 0.4) is 0 Å². The Bertz CT molecular complexity index is 1340. The van der Waals surface area contributed by atoms with Crippen molar-refractivity contribution >= 4 is 23.0 Å². The van der Waals surface area contributed by atoms with Gasteiger partial charge in [0.25, 0.3) is 5.91 Å². The van der Waals surface area contributed by atoms with Crippen molar-refractivity contribution in [1.82, 2.24) is 14.8 Å². The summed E-state index contributed by atoms with van der Waals surface area (Å²) in [5.41, 5.74) is 8.18. The van der Waals surface area contributed by atoms with Crippen LogP contribution in [0.25, 0.3) is 5.70 Å². The Morgan fingerprint density at radius 1 is 1.10 bits per heavy atom. The van der Waals surface area contributed by atoms with Crippen molar-refractivity contribution in [2.45, 2.75) is 19.6 Å². The molecule has 1 saturated heterocycles. The molecule has 1 aliphatic heterocycles. The van der Waals surface area contributed by atoms with E-state index in [1.54, 1.807) is 42.7 Å². The summed E-state index contributed by atoms with van der Waals surface area (Å²) < 4.78 is 41.8. The molecule has 11 heteroatoms. The maximum absolute atomic E-state index is 13.9. The predicted molar refractivity (Wildman–Crippen MR) is 146 cm³/mol. The number of nitrogens with two attached hydrogens (primary N) is 2. The Morgan fingerprint density at radius 2 is 1.85 bits per heavy atom. The molecule has 0 bridgehead atoms. The van der Waals surface area contributed by atoms with E-state index in [0.29, 0.717) is 30.0 Å². The van der Waals surface area contributed by atoms with Crippen molar-refractivity contribution in [2.75, 3.05) is 43.6 Å². The number of hydrogen-bond donors (Lipinski definition) is 3. The molecule has 0 aliphatic carbocycles. The second-order valence-electron chi connectivity index (χ2n) is 9.64. The molecule has 8 nitrogen and oxygen atoms in total. The van der Waals surface area contributed by atoms with Crippen LogP contribution in [0.4, 0.5) is 24.5 Å². The topological polar surface area (TPSA) is 104 Å². The number of hydrogen-bond acceptors (Lipinski definition) is 7. The third-order valence-corrected chi connectivity index (χ3v) is 6.69. The summed E-state index contributed by atoms with van der Waals surface area (Å²) in [6, 6.07) is 12.3. The molecule has 206 valence electrons. The largest absolute Gasteiger partial charge is 0.416 e. The van der Waals surface area contributed by atoms with Crippen LogP contribution in [0.1, 0.15) is 32.6 Å². The van der Waals surface area contributed by atoms with Crippen LogP contribution < -0.4 is 21.9 Å². The molecule has 0 unspecified atom stereocenters. The zero-order chi connectivity index (χ0) is 28.2. The number of aromatic nitrogens is 1. The molecule has 0 radical (unpaired) electrons. The van der Waals surface area contributed by atoms with Gasteiger partial charge in [-0.1, -0.05) is 12.1 Å². The minimum atomic E-state index is -4.56. The van der Waals surface area contributed by atoms with Gasteiger partial charge in [0.05, 0.1) is 16.9 Å². The number of amides is 1. The highest BCUT2D eigenvalue weighted by molar-refractivity contribution is 6.05. The second kappa shape index (κ2) is 11.9. The first-order valence-electron chi connectivity index (χ1n) is 12.5. The summed E-state index contributed by atoms with van der Waals surface area (Å²) in [5.74, 6) is 5.66. The van der Waals surface area contributed by atoms with E-state index in [1.165, 1.54) is 23.3 Å². The molecule has 5 N–H and O–H groups in total. The normalized spacial score (nSPS) is 15.3. The molecule has 2 heterocycles. The third kappa shape index (κ3) is 7.14. The van der Waals surface area contributed by atoms with Crippen molar-refractivity contribution in [1.29, 1.82) is 0 Å². The third-order valence-electron chi connectivity index (χ3n) is 6.69. The van der Waals surface area contributed by atoms with Crippen molar-refractivity contribution < 1.29 is 18.0 Å². The average molecular weight is 540 g/mol. The number of rotatable bonds is 7. The highest BCUT2D eigenvalue weighted by Gasteiger charge is 2.34. The van der Waals surface area contributed by atoms with E-state index >= 15 is 0 Å². The molecule has 2 aromatic carbocycles. The van der Waals surface area contributed by atoms with Gasteiger partial charge in [0.1, 0.15) is 0 Å². The summed E-state index contributed by atoms with van der Waals surface area (Å²) in [6.07, 6.45) is 0.181. The monoisotopic (exact) mass is 539 g/mol. The van der Waals surface area contributed by atoms with Gasteiger partial charge in [-0.3, -0.25) is 19.7 Å². The number of anilines is 2. The highest BCUT2D eigenvalue weighted by Crippen LogP contribution is 2.35. The van der Waals surface area contributed by atoms with Gasteiger partial charge >= 0.3 is 6.18 Å². The Labute approximate surface area is 225 Å². The molecule has 0 spiro atoms. The Kier molecular flexibility index (Phi) is 8.54. The fraction of sp³-hybridized carbons (Fsp3) is 0.286. The van der Waals surface area contributed by atoms with Gasteiger partial charge in [-0.25, -0.2) is 5.84 Å². The minimum absolute atomic E-state index is 0.0573. The van der Waals surface area contributed by atoms with Crippen LogP contribution in [0, 0.1) is 6.92 Å². The summed E-state index contributed by atoms with van der Waals surface area (Å²) in [6.45, 7) is 5.02. The number of likely N-dealkylation sites (N-methyl/N-ethyl adjacent to an activating group) is 1. The summed E-state index contributed by atoms with van der Waals surface area (Å²) in [5, 5.41) is 3.89. The number of piperazine rings is 1. The molecular formula is C28H32F3N7O. The first kappa shape index (κ1) is 28.1. The number of hydrazine groups is 1. The molecule has 39 heavy (non-hydrogen) atoms. The van der Waals surface area contributed by atoms with E-state index in [-0.39, 0.29) is 23.4 Å². The van der Waals surface area contributed by atoms with Crippen molar-refractivity contribution in [3.63, 3.8) is 0 Å². The summed E-state index contributed by atoms with van der Waals surface area (Å²) in [7, 11) is 1.99. The van der Waals surface area contributed by atoms with Gasteiger partial charge in [-0.05, 0) is 61.5 Å². The van der Waals surface area contributed by atoms with E-state index in [1.807, 2.05) is 18.9 Å². The minimum Gasteiger partial charge on any atom is -0.397 e. The van der Waals surface area contributed by atoms with Crippen LogP contribution in [0.2, 0.25) is 0 Å². The molecule has 1 fully saturated rings. The Balaban J connectivity index is 1.52. The van der Waals surface area contributed by atoms with Crippen LogP contribution >= 0.6 is 0 Å². The first-order valence-corrected chi connectivity index (χ1v) is 12.5. The lowest BCUT2D eigenvalue weighted by atomic mass is 10.0. The maximum atomic E-state index is 13.9. The molecule has 3 aromatic rings. The van der Waals surface area contributed by atoms with Crippen molar-refractivity contribution in [3.8, 4) is 0 Å². The lowest BCUT2D eigenvalue weighted by molar-refractivity contribution is -0.138. The van der Waals surface area contributed by atoms with Gasteiger partial charge in [0, 0.05) is 68.1 Å². The maximum Gasteiger partial charge on any atom is 0.416 e. The number of carbonyl (C=O) groups excluding carboxylic acids is 1. The molecule has 0 atom stereocenters. The molecule has 1 aromatic heterocycles. The van der Waals surface area contributed by atoms with Crippen LogP contribution in [-0.2, 0) is 12.7 Å². The fourth-order valence-electron chi connectivity index (χ4n) is 4.36. The fourth-order valence-corrected chi connectivity index (χ4v) is 4.36. The molecule has 4 rings (SSSR count). The lowest BCUT2D eigenvalue weighted by Gasteiger charge is -2.33. The van der Waals surface area contributed by atoms with E-state index in [4.69, 9.17) is 11.6 Å². The molecule has 0 saturated carbocycles. The van der Waals surface area contributed by atoms with E-state index in [2.05, 4.69) is 15.2 Å². The van der Waals surface area contributed by atoms with Gasteiger partial charge in [0.15, 0.2) is 0 Å². The van der Waals surface area contributed by atoms with E-state index < -0.39 is 17.6 Å². The average Bonchev–Trinajstić information content (AvgIpc) is 2.90. The van der Waals surface area contributed by atoms with E-state index in [0.717, 1.165) is 24.7 Å². The first-order chi connectivity index (χ1) is 18.5. The Morgan fingerprint density at radius 3 is 2.51 bits per heavy atom. The molecule has 1 aliphatic rings. The number of pyridine rings is 1. The number of benzene rings is 2.